The zero-order valence-electron chi connectivity index (χ0n) is 18.4. The molecule has 2 amide bonds. The summed E-state index contributed by atoms with van der Waals surface area (Å²) in [4.78, 5) is 36.7. The van der Waals surface area contributed by atoms with Crippen LogP contribution in [0.2, 0.25) is 0 Å². The van der Waals surface area contributed by atoms with Gasteiger partial charge in [-0.3, -0.25) is 14.5 Å². The number of anilines is 1. The minimum Gasteiger partial charge on any atom is -0.349 e. The van der Waals surface area contributed by atoms with Crippen molar-refractivity contribution in [2.45, 2.75) is 64.0 Å². The number of aromatic nitrogens is 2. The van der Waals surface area contributed by atoms with Crippen molar-refractivity contribution in [3.8, 4) is 0 Å². The maximum atomic E-state index is 13.1. The van der Waals surface area contributed by atoms with Gasteiger partial charge in [0, 0.05) is 17.9 Å². The van der Waals surface area contributed by atoms with Crippen molar-refractivity contribution in [2.24, 2.45) is 0 Å². The highest BCUT2D eigenvalue weighted by Gasteiger charge is 2.32. The van der Waals surface area contributed by atoms with Gasteiger partial charge in [-0.1, -0.05) is 19.3 Å². The molecule has 1 saturated carbocycles. The van der Waals surface area contributed by atoms with Crippen molar-refractivity contribution in [1.82, 2.24) is 20.2 Å². The molecule has 0 bridgehead atoms. The number of likely N-dealkylation sites (tertiary alicyclic amines) is 1. The van der Waals surface area contributed by atoms with Gasteiger partial charge in [-0.15, -0.1) is 0 Å². The SMILES string of the molecule is Cc1ncc(C(=O)NC2CCCCC2)c([C@H]2CCCN2CC(=O)Nc2ccc(F)cc2)n1. The average Bonchev–Trinajstić information content (AvgIpc) is 3.23. The number of nitrogens with zero attached hydrogens (tertiary/aromatic N) is 3. The molecular weight excluding hydrogens is 409 g/mol. The van der Waals surface area contributed by atoms with Gasteiger partial charge in [-0.2, -0.15) is 0 Å². The molecule has 32 heavy (non-hydrogen) atoms. The fourth-order valence-electron chi connectivity index (χ4n) is 4.67. The number of benzene rings is 1. The molecule has 7 nitrogen and oxygen atoms in total. The van der Waals surface area contributed by atoms with Gasteiger partial charge in [-0.25, -0.2) is 14.4 Å². The Balaban J connectivity index is 1.47. The Morgan fingerprint density at radius 1 is 1.09 bits per heavy atom. The summed E-state index contributed by atoms with van der Waals surface area (Å²) in [5, 5.41) is 5.98. The molecule has 2 aliphatic rings. The highest BCUT2D eigenvalue weighted by molar-refractivity contribution is 5.95. The van der Waals surface area contributed by atoms with E-state index in [2.05, 4.69) is 25.5 Å². The zero-order chi connectivity index (χ0) is 22.5. The fourth-order valence-corrected chi connectivity index (χ4v) is 4.67. The Morgan fingerprint density at radius 2 is 1.84 bits per heavy atom. The van der Waals surface area contributed by atoms with Crippen LogP contribution >= 0.6 is 0 Å². The van der Waals surface area contributed by atoms with E-state index in [1.165, 1.54) is 30.7 Å². The molecule has 1 aliphatic heterocycles. The largest absolute Gasteiger partial charge is 0.349 e. The number of hydrogen-bond acceptors (Lipinski definition) is 5. The van der Waals surface area contributed by atoms with Crippen LogP contribution in [-0.4, -0.2) is 45.8 Å². The summed E-state index contributed by atoms with van der Waals surface area (Å²) in [5.74, 6) is -0.0467. The molecule has 0 spiro atoms. The molecule has 1 aromatic heterocycles. The summed E-state index contributed by atoms with van der Waals surface area (Å²) < 4.78 is 13.1. The van der Waals surface area contributed by atoms with Crippen molar-refractivity contribution in [2.75, 3.05) is 18.4 Å². The number of hydrogen-bond donors (Lipinski definition) is 2. The van der Waals surface area contributed by atoms with Gasteiger partial charge >= 0.3 is 0 Å². The van der Waals surface area contributed by atoms with E-state index in [0.29, 0.717) is 22.8 Å². The number of aryl methyl sites for hydroxylation is 1. The van der Waals surface area contributed by atoms with Crippen LogP contribution in [0.25, 0.3) is 0 Å². The van der Waals surface area contributed by atoms with Crippen LogP contribution in [0.1, 0.15) is 72.9 Å². The van der Waals surface area contributed by atoms with Crippen LogP contribution < -0.4 is 10.6 Å². The predicted molar refractivity (Wildman–Crippen MR) is 120 cm³/mol. The van der Waals surface area contributed by atoms with Crippen LogP contribution in [0.5, 0.6) is 0 Å². The minimum absolute atomic E-state index is 0.122. The Hall–Kier alpha value is -2.87. The topological polar surface area (TPSA) is 87.2 Å². The normalized spacial score (nSPS) is 19.6. The molecule has 8 heteroatoms. The van der Waals surface area contributed by atoms with Gasteiger partial charge in [0.1, 0.15) is 11.6 Å². The second kappa shape index (κ2) is 10.2. The second-order valence-corrected chi connectivity index (χ2v) is 8.71. The van der Waals surface area contributed by atoms with E-state index in [1.54, 1.807) is 6.20 Å². The number of amides is 2. The third-order valence-corrected chi connectivity index (χ3v) is 6.28. The Labute approximate surface area is 187 Å². The molecule has 170 valence electrons. The third-order valence-electron chi connectivity index (χ3n) is 6.28. The maximum Gasteiger partial charge on any atom is 0.254 e. The monoisotopic (exact) mass is 439 g/mol. The van der Waals surface area contributed by atoms with Gasteiger partial charge in [0.15, 0.2) is 0 Å². The molecule has 2 N–H and O–H groups in total. The summed E-state index contributed by atoms with van der Waals surface area (Å²) in [6.07, 6.45) is 8.88. The zero-order valence-corrected chi connectivity index (χ0v) is 18.4. The summed E-state index contributed by atoms with van der Waals surface area (Å²) in [6, 6.07) is 5.78. The van der Waals surface area contributed by atoms with Crippen LogP contribution in [-0.2, 0) is 4.79 Å². The summed E-state index contributed by atoms with van der Waals surface area (Å²) in [5.41, 5.74) is 1.74. The van der Waals surface area contributed by atoms with Crippen molar-refractivity contribution in [1.29, 1.82) is 0 Å². The molecule has 2 fully saturated rings. The van der Waals surface area contributed by atoms with E-state index in [-0.39, 0.29) is 36.3 Å². The van der Waals surface area contributed by atoms with Gasteiger partial charge in [-0.05, 0) is 63.4 Å². The van der Waals surface area contributed by atoms with Crippen LogP contribution in [0, 0.1) is 12.7 Å². The molecule has 2 heterocycles. The fraction of sp³-hybridized carbons (Fsp3) is 0.500. The number of nitrogens with one attached hydrogen (secondary N) is 2. The number of carbonyl (C=O) groups is 2. The van der Waals surface area contributed by atoms with Gasteiger partial charge in [0.25, 0.3) is 5.91 Å². The van der Waals surface area contributed by atoms with Crippen molar-refractivity contribution >= 4 is 17.5 Å². The first-order chi connectivity index (χ1) is 15.5. The lowest BCUT2D eigenvalue weighted by Gasteiger charge is -2.26. The quantitative estimate of drug-likeness (QED) is 0.716. The van der Waals surface area contributed by atoms with Gasteiger partial charge < -0.3 is 10.6 Å². The highest BCUT2D eigenvalue weighted by atomic mass is 19.1. The lowest BCUT2D eigenvalue weighted by atomic mass is 9.95. The highest BCUT2D eigenvalue weighted by Crippen LogP contribution is 2.32. The molecular formula is C24H30FN5O2. The predicted octanol–water partition coefficient (Wildman–Crippen LogP) is 3.76. The lowest BCUT2D eigenvalue weighted by molar-refractivity contribution is -0.117. The van der Waals surface area contributed by atoms with Crippen molar-refractivity contribution in [3.05, 3.63) is 53.4 Å². The third kappa shape index (κ3) is 5.48. The maximum absolute atomic E-state index is 13.1. The summed E-state index contributed by atoms with van der Waals surface area (Å²) >= 11 is 0. The van der Waals surface area contributed by atoms with Gasteiger partial charge in [0.2, 0.25) is 5.91 Å². The van der Waals surface area contributed by atoms with E-state index in [1.807, 2.05) is 6.92 Å². The van der Waals surface area contributed by atoms with E-state index in [9.17, 15) is 14.0 Å². The van der Waals surface area contributed by atoms with Crippen LogP contribution in [0.15, 0.2) is 30.5 Å². The Morgan fingerprint density at radius 3 is 2.59 bits per heavy atom. The number of rotatable bonds is 6. The van der Waals surface area contributed by atoms with E-state index in [0.717, 1.165) is 45.1 Å². The van der Waals surface area contributed by atoms with Gasteiger partial charge in [0.05, 0.1) is 23.8 Å². The Bertz CT molecular complexity index is 959. The standard InChI is InChI=1S/C24H30FN5O2/c1-16-26-14-20(24(32)29-18-6-3-2-4-7-18)23(27-16)21-8-5-13-30(21)15-22(31)28-19-11-9-17(25)10-12-19/h9-12,14,18,21H,2-8,13,15H2,1H3,(H,28,31)(H,29,32)/t21-/m1/s1. The van der Waals surface area contributed by atoms with Crippen molar-refractivity contribution < 1.29 is 14.0 Å². The van der Waals surface area contributed by atoms with Crippen LogP contribution in [0.3, 0.4) is 0 Å². The van der Waals surface area contributed by atoms with E-state index < -0.39 is 0 Å². The summed E-state index contributed by atoms with van der Waals surface area (Å²) in [6.45, 7) is 2.73. The number of halogens is 1. The first-order valence-electron chi connectivity index (χ1n) is 11.4. The molecule has 4 rings (SSSR count). The van der Waals surface area contributed by atoms with Crippen molar-refractivity contribution in [3.63, 3.8) is 0 Å². The molecule has 1 aliphatic carbocycles. The average molecular weight is 440 g/mol. The molecule has 0 unspecified atom stereocenters. The smallest absolute Gasteiger partial charge is 0.254 e. The number of carbonyl (C=O) groups excluding carboxylic acids is 2. The molecule has 1 aromatic carbocycles. The lowest BCUT2D eigenvalue weighted by Crippen LogP contribution is -2.38. The van der Waals surface area contributed by atoms with E-state index >= 15 is 0 Å². The first kappa shape index (κ1) is 22.3. The summed E-state index contributed by atoms with van der Waals surface area (Å²) in [7, 11) is 0. The Kier molecular flexibility index (Phi) is 7.09. The molecule has 1 saturated heterocycles. The molecule has 0 radical (unpaired) electrons. The second-order valence-electron chi connectivity index (χ2n) is 8.71. The van der Waals surface area contributed by atoms with Crippen LogP contribution in [0.4, 0.5) is 10.1 Å². The molecule has 2 aromatic rings. The molecule has 1 atom stereocenters. The minimum atomic E-state index is -0.347. The van der Waals surface area contributed by atoms with E-state index in [4.69, 9.17) is 0 Å². The first-order valence-corrected chi connectivity index (χ1v) is 11.4.